The van der Waals surface area contributed by atoms with Crippen molar-refractivity contribution in [2.24, 2.45) is 0 Å². The highest BCUT2D eigenvalue weighted by Crippen LogP contribution is 2.28. The average molecular weight is 202 g/mol. The number of benzene rings is 1. The lowest BCUT2D eigenvalue weighted by Gasteiger charge is -2.13. The van der Waals surface area contributed by atoms with Crippen molar-refractivity contribution < 1.29 is 0 Å². The van der Waals surface area contributed by atoms with Crippen molar-refractivity contribution in [3.05, 3.63) is 18.2 Å². The van der Waals surface area contributed by atoms with E-state index in [1.54, 1.807) is 0 Å². The summed E-state index contributed by atoms with van der Waals surface area (Å²) in [6.45, 7) is 2.21. The third-order valence-electron chi connectivity index (χ3n) is 2.97. The van der Waals surface area contributed by atoms with E-state index >= 15 is 0 Å². The highest BCUT2D eigenvalue weighted by molar-refractivity contribution is 5.92. The predicted octanol–water partition coefficient (Wildman–Crippen LogP) is 1.75. The first-order chi connectivity index (χ1) is 7.34. The lowest BCUT2D eigenvalue weighted by atomic mass is 10.2. The Bertz CT molecular complexity index is 482. The van der Waals surface area contributed by atoms with Gasteiger partial charge in [0, 0.05) is 24.2 Å². The van der Waals surface area contributed by atoms with Crippen LogP contribution in [0.1, 0.15) is 12.8 Å². The van der Waals surface area contributed by atoms with Gasteiger partial charge in [-0.25, -0.2) is 0 Å². The lowest BCUT2D eigenvalue weighted by molar-refractivity contribution is 0.926. The van der Waals surface area contributed by atoms with Crippen molar-refractivity contribution in [2.75, 3.05) is 23.7 Å². The second-order valence-corrected chi connectivity index (χ2v) is 4.05. The van der Waals surface area contributed by atoms with Gasteiger partial charge < -0.3 is 10.6 Å². The maximum Gasteiger partial charge on any atom is 0.158 e. The highest BCUT2D eigenvalue weighted by Gasteiger charge is 2.17. The zero-order valence-corrected chi connectivity index (χ0v) is 8.53. The van der Waals surface area contributed by atoms with Crippen LogP contribution in [-0.4, -0.2) is 23.3 Å². The minimum atomic E-state index is 0.796. The number of nitrogens with zero attached hydrogens (tertiary/aromatic N) is 2. The molecule has 1 aromatic carbocycles. The molecule has 0 aliphatic carbocycles. The Morgan fingerprint density at radius 3 is 2.87 bits per heavy atom. The van der Waals surface area contributed by atoms with Crippen LogP contribution in [0.5, 0.6) is 0 Å². The van der Waals surface area contributed by atoms with E-state index in [9.17, 15) is 0 Å². The fraction of sp³-hybridized carbons (Fsp3) is 0.364. The van der Waals surface area contributed by atoms with E-state index in [-0.39, 0.29) is 0 Å². The lowest BCUT2D eigenvalue weighted by Crippen LogP contribution is -2.18. The van der Waals surface area contributed by atoms with Crippen molar-refractivity contribution in [1.82, 2.24) is 10.2 Å². The molecule has 1 aliphatic rings. The molecule has 4 nitrogen and oxygen atoms in total. The molecule has 1 fully saturated rings. The van der Waals surface area contributed by atoms with E-state index in [1.807, 2.05) is 18.2 Å². The Morgan fingerprint density at radius 1 is 1.27 bits per heavy atom. The van der Waals surface area contributed by atoms with Crippen molar-refractivity contribution in [3.63, 3.8) is 0 Å². The first-order valence-electron chi connectivity index (χ1n) is 5.33. The first kappa shape index (κ1) is 8.59. The third-order valence-corrected chi connectivity index (χ3v) is 2.97. The van der Waals surface area contributed by atoms with Gasteiger partial charge in [0.05, 0.1) is 5.52 Å². The van der Waals surface area contributed by atoms with E-state index in [4.69, 9.17) is 5.73 Å². The van der Waals surface area contributed by atoms with Crippen LogP contribution in [0.4, 0.5) is 11.5 Å². The van der Waals surface area contributed by atoms with Gasteiger partial charge in [-0.3, -0.25) is 5.10 Å². The number of rotatable bonds is 1. The van der Waals surface area contributed by atoms with Crippen LogP contribution in [0.25, 0.3) is 10.9 Å². The fourth-order valence-corrected chi connectivity index (χ4v) is 2.19. The molecule has 0 spiro atoms. The summed E-state index contributed by atoms with van der Waals surface area (Å²) >= 11 is 0. The van der Waals surface area contributed by atoms with Gasteiger partial charge >= 0.3 is 0 Å². The molecule has 0 radical (unpaired) electrons. The number of hydrogen-bond acceptors (Lipinski definition) is 3. The van der Waals surface area contributed by atoms with Gasteiger partial charge in [0.15, 0.2) is 5.82 Å². The Morgan fingerprint density at radius 2 is 2.07 bits per heavy atom. The molecule has 2 aromatic rings. The van der Waals surface area contributed by atoms with Gasteiger partial charge in [-0.15, -0.1) is 0 Å². The number of H-pyrrole nitrogens is 1. The minimum Gasteiger partial charge on any atom is -0.399 e. The standard InChI is InChI=1S/C11H14N4/c12-8-3-4-10-9(7-8)11(14-13-10)15-5-1-2-6-15/h3-4,7H,1-2,5-6,12H2,(H,13,14). The number of nitrogen functional groups attached to an aromatic ring is 1. The molecule has 0 unspecified atom stereocenters. The zero-order chi connectivity index (χ0) is 10.3. The third kappa shape index (κ3) is 1.33. The summed E-state index contributed by atoms with van der Waals surface area (Å²) in [5, 5.41) is 8.54. The molecule has 15 heavy (non-hydrogen) atoms. The topological polar surface area (TPSA) is 57.9 Å². The van der Waals surface area contributed by atoms with Gasteiger partial charge in [-0.1, -0.05) is 0 Å². The van der Waals surface area contributed by atoms with E-state index in [0.717, 1.165) is 35.5 Å². The predicted molar refractivity (Wildman–Crippen MR) is 62.0 cm³/mol. The van der Waals surface area contributed by atoms with Crippen LogP contribution in [0.3, 0.4) is 0 Å². The summed E-state index contributed by atoms with van der Waals surface area (Å²) in [6, 6.07) is 5.87. The minimum absolute atomic E-state index is 0.796. The van der Waals surface area contributed by atoms with Gasteiger partial charge in [0.2, 0.25) is 0 Å². The monoisotopic (exact) mass is 202 g/mol. The quantitative estimate of drug-likeness (QED) is 0.692. The summed E-state index contributed by atoms with van der Waals surface area (Å²) in [6.07, 6.45) is 2.52. The summed E-state index contributed by atoms with van der Waals surface area (Å²) in [4.78, 5) is 2.32. The smallest absolute Gasteiger partial charge is 0.158 e. The Labute approximate surface area is 88.1 Å². The fourth-order valence-electron chi connectivity index (χ4n) is 2.19. The van der Waals surface area contributed by atoms with Gasteiger partial charge in [-0.2, -0.15) is 5.10 Å². The maximum atomic E-state index is 5.79. The van der Waals surface area contributed by atoms with Crippen LogP contribution < -0.4 is 10.6 Å². The van der Waals surface area contributed by atoms with E-state index < -0.39 is 0 Å². The number of anilines is 2. The van der Waals surface area contributed by atoms with Crippen LogP contribution >= 0.6 is 0 Å². The number of nitrogens with two attached hydrogens (primary N) is 1. The largest absolute Gasteiger partial charge is 0.399 e. The molecule has 4 heteroatoms. The molecule has 3 N–H and O–H groups in total. The molecule has 78 valence electrons. The maximum absolute atomic E-state index is 5.79. The molecule has 2 heterocycles. The summed E-state index contributed by atoms with van der Waals surface area (Å²) in [5.74, 6) is 1.05. The van der Waals surface area contributed by atoms with Gasteiger partial charge in [-0.05, 0) is 31.0 Å². The molecule has 1 saturated heterocycles. The Kier molecular flexibility index (Phi) is 1.80. The van der Waals surface area contributed by atoms with Crippen molar-refractivity contribution in [1.29, 1.82) is 0 Å². The number of aromatic amines is 1. The van der Waals surface area contributed by atoms with Crippen LogP contribution in [0, 0.1) is 0 Å². The van der Waals surface area contributed by atoms with E-state index in [2.05, 4.69) is 15.1 Å². The van der Waals surface area contributed by atoms with Gasteiger partial charge in [0.1, 0.15) is 0 Å². The molecule has 1 aromatic heterocycles. The van der Waals surface area contributed by atoms with Crippen molar-refractivity contribution >= 4 is 22.4 Å². The number of nitrogens with one attached hydrogen (secondary N) is 1. The number of hydrogen-bond donors (Lipinski definition) is 2. The summed E-state index contributed by atoms with van der Waals surface area (Å²) < 4.78 is 0. The molecular formula is C11H14N4. The van der Waals surface area contributed by atoms with Crippen molar-refractivity contribution in [3.8, 4) is 0 Å². The van der Waals surface area contributed by atoms with Crippen LogP contribution in [0.15, 0.2) is 18.2 Å². The molecular weight excluding hydrogens is 188 g/mol. The molecule has 0 saturated carbocycles. The second-order valence-electron chi connectivity index (χ2n) is 4.05. The molecule has 1 aliphatic heterocycles. The normalized spacial score (nSPS) is 16.4. The second kappa shape index (κ2) is 3.15. The molecule has 0 amide bonds. The number of aromatic nitrogens is 2. The van der Waals surface area contributed by atoms with Crippen molar-refractivity contribution in [2.45, 2.75) is 12.8 Å². The SMILES string of the molecule is Nc1ccc2[nH]nc(N3CCCC3)c2c1. The average Bonchev–Trinajstić information content (AvgIpc) is 2.83. The summed E-state index contributed by atoms with van der Waals surface area (Å²) in [5.41, 5.74) is 7.65. The number of fused-ring (bicyclic) bond motifs is 1. The van der Waals surface area contributed by atoms with E-state index in [0.29, 0.717) is 0 Å². The van der Waals surface area contributed by atoms with Crippen LogP contribution in [0.2, 0.25) is 0 Å². The zero-order valence-electron chi connectivity index (χ0n) is 8.53. The molecule has 3 rings (SSSR count). The first-order valence-corrected chi connectivity index (χ1v) is 5.33. The molecule has 0 bridgehead atoms. The van der Waals surface area contributed by atoms with E-state index in [1.165, 1.54) is 12.8 Å². The summed E-state index contributed by atoms with van der Waals surface area (Å²) in [7, 11) is 0. The Hall–Kier alpha value is -1.71. The molecule has 0 atom stereocenters. The van der Waals surface area contributed by atoms with Gasteiger partial charge in [0.25, 0.3) is 0 Å². The van der Waals surface area contributed by atoms with Crippen LogP contribution in [-0.2, 0) is 0 Å². The highest BCUT2D eigenvalue weighted by atomic mass is 15.3. The Balaban J connectivity index is 2.13.